The second kappa shape index (κ2) is 10.2. The summed E-state index contributed by atoms with van der Waals surface area (Å²) in [6.45, 7) is 12.3. The van der Waals surface area contributed by atoms with E-state index in [0.29, 0.717) is 42.8 Å². The first kappa shape index (κ1) is 26.7. The summed E-state index contributed by atoms with van der Waals surface area (Å²) < 4.78 is 18.8. The lowest BCUT2D eigenvalue weighted by Crippen LogP contribution is -2.58. The molecule has 12 heteroatoms. The molecule has 4 aromatic heterocycles. The van der Waals surface area contributed by atoms with Gasteiger partial charge in [-0.05, 0) is 62.8 Å². The summed E-state index contributed by atoms with van der Waals surface area (Å²) in [6.07, 6.45) is 6.67. The van der Waals surface area contributed by atoms with Gasteiger partial charge >= 0.3 is 5.69 Å². The number of rotatable bonds is 3. The van der Waals surface area contributed by atoms with Gasteiger partial charge in [-0.15, -0.1) is 5.10 Å². The molecule has 4 aromatic rings. The fourth-order valence-electron chi connectivity index (χ4n) is 5.97. The van der Waals surface area contributed by atoms with Crippen LogP contribution in [-0.2, 0) is 17.6 Å². The lowest BCUT2D eigenvalue weighted by atomic mass is 10.00. The van der Waals surface area contributed by atoms with Crippen molar-refractivity contribution >= 4 is 22.8 Å². The summed E-state index contributed by atoms with van der Waals surface area (Å²) in [7, 11) is 0. The van der Waals surface area contributed by atoms with E-state index in [1.54, 1.807) is 17.3 Å². The maximum absolute atomic E-state index is 15.9. The standard InChI is InChI=1S/C29H32FN9O2/c1-6-23(40)36-14-18(5)37(15-17(36)4)26-21-12-22(30)28-33-27(21)38(29(41)34-26)25-19(10-11-31-24(25)16(2)3)8-7-9-20-13-32-35-39(20)28/h6,10-13,16-18H,1,7-9,14-15H2,2-5H3. The quantitative estimate of drug-likeness (QED) is 0.353. The van der Waals surface area contributed by atoms with Gasteiger partial charge in [0.05, 0.1) is 28.7 Å². The SMILES string of the molecule is C=CC(=O)N1CC(C)N(c2nc(=O)n3c4nc(c(F)cc24)-n2nncc2CCCc2ccnc(C(C)C)c2-3)CC1C. The summed E-state index contributed by atoms with van der Waals surface area (Å²) in [5.74, 6) is -0.457. The number of hydrogen-bond donors (Lipinski definition) is 0. The van der Waals surface area contributed by atoms with Crippen molar-refractivity contribution in [2.45, 2.75) is 65.0 Å². The average Bonchev–Trinajstić information content (AvgIpc) is 3.40. The number of aryl methyl sites for hydroxylation is 2. The Bertz CT molecular complexity index is 1740. The van der Waals surface area contributed by atoms with Crippen LogP contribution in [0.25, 0.3) is 22.5 Å². The Kier molecular flexibility index (Phi) is 6.63. The zero-order valence-corrected chi connectivity index (χ0v) is 23.6. The first-order valence-electron chi connectivity index (χ1n) is 13.9. The minimum atomic E-state index is -0.603. The van der Waals surface area contributed by atoms with Gasteiger partial charge in [-0.3, -0.25) is 9.78 Å². The van der Waals surface area contributed by atoms with E-state index in [0.717, 1.165) is 23.4 Å². The Morgan fingerprint density at radius 1 is 1.15 bits per heavy atom. The van der Waals surface area contributed by atoms with Crippen LogP contribution in [0.5, 0.6) is 0 Å². The van der Waals surface area contributed by atoms with Gasteiger partial charge in [0.2, 0.25) is 5.91 Å². The molecule has 2 aliphatic heterocycles. The van der Waals surface area contributed by atoms with Crippen molar-refractivity contribution in [3.63, 3.8) is 0 Å². The summed E-state index contributed by atoms with van der Waals surface area (Å²) in [4.78, 5) is 44.2. The third kappa shape index (κ3) is 4.37. The maximum Gasteiger partial charge on any atom is 0.355 e. The van der Waals surface area contributed by atoms with Crippen LogP contribution in [0.1, 0.15) is 57.0 Å². The highest BCUT2D eigenvalue weighted by Crippen LogP contribution is 2.33. The van der Waals surface area contributed by atoms with E-state index in [1.165, 1.54) is 21.4 Å². The van der Waals surface area contributed by atoms with Gasteiger partial charge in [0.1, 0.15) is 5.82 Å². The number of carbonyl (C=O) groups is 1. The minimum absolute atomic E-state index is 0.00705. The molecular weight excluding hydrogens is 525 g/mol. The highest BCUT2D eigenvalue weighted by Gasteiger charge is 2.34. The zero-order valence-electron chi connectivity index (χ0n) is 23.6. The van der Waals surface area contributed by atoms with Crippen LogP contribution in [0.15, 0.2) is 42.0 Å². The summed E-state index contributed by atoms with van der Waals surface area (Å²) in [5.41, 5.74) is 2.78. The van der Waals surface area contributed by atoms with E-state index in [9.17, 15) is 9.59 Å². The molecule has 11 nitrogen and oxygen atoms in total. The van der Waals surface area contributed by atoms with Crippen molar-refractivity contribution in [3.05, 3.63) is 70.4 Å². The van der Waals surface area contributed by atoms with Crippen LogP contribution in [0, 0.1) is 5.82 Å². The number of fused-ring (bicyclic) bond motifs is 5. The predicted octanol–water partition coefficient (Wildman–Crippen LogP) is 3.12. The van der Waals surface area contributed by atoms with Gasteiger partial charge in [0.15, 0.2) is 17.3 Å². The Morgan fingerprint density at radius 2 is 1.95 bits per heavy atom. The van der Waals surface area contributed by atoms with Gasteiger partial charge in [0.25, 0.3) is 0 Å². The van der Waals surface area contributed by atoms with E-state index in [2.05, 4.69) is 26.9 Å². The zero-order chi connectivity index (χ0) is 29.0. The molecule has 0 saturated carbocycles. The first-order chi connectivity index (χ1) is 19.7. The molecule has 1 saturated heterocycles. The number of amides is 1. The Morgan fingerprint density at radius 3 is 2.71 bits per heavy atom. The second-order valence-electron chi connectivity index (χ2n) is 11.1. The molecule has 2 unspecified atom stereocenters. The summed E-state index contributed by atoms with van der Waals surface area (Å²) >= 11 is 0. The fraction of sp³-hybridized carbons (Fsp3) is 0.414. The molecule has 0 radical (unpaired) electrons. The lowest BCUT2D eigenvalue weighted by molar-refractivity contribution is -0.128. The molecule has 41 heavy (non-hydrogen) atoms. The Balaban J connectivity index is 1.66. The smallest absolute Gasteiger partial charge is 0.349 e. The minimum Gasteiger partial charge on any atom is -0.349 e. The number of aromatic nitrogens is 7. The molecule has 0 aliphatic carbocycles. The lowest BCUT2D eigenvalue weighted by Gasteiger charge is -2.44. The van der Waals surface area contributed by atoms with E-state index >= 15 is 4.39 Å². The van der Waals surface area contributed by atoms with Crippen molar-refractivity contribution in [1.82, 2.24) is 39.4 Å². The molecule has 1 fully saturated rings. The van der Waals surface area contributed by atoms with Crippen LogP contribution < -0.4 is 10.6 Å². The highest BCUT2D eigenvalue weighted by molar-refractivity contribution is 5.90. The van der Waals surface area contributed by atoms with Gasteiger partial charge in [-0.2, -0.15) is 9.67 Å². The monoisotopic (exact) mass is 557 g/mol. The molecular formula is C29H32FN9O2. The second-order valence-corrected chi connectivity index (χ2v) is 11.1. The van der Waals surface area contributed by atoms with Crippen LogP contribution >= 0.6 is 0 Å². The van der Waals surface area contributed by atoms with Gasteiger partial charge in [0, 0.05) is 31.4 Å². The first-order valence-corrected chi connectivity index (χ1v) is 13.9. The van der Waals surface area contributed by atoms with Crippen LogP contribution in [-0.4, -0.2) is 70.5 Å². The number of halogens is 1. The molecule has 2 bridgehead atoms. The number of piperazine rings is 1. The molecule has 0 N–H and O–H groups in total. The normalized spacial score (nSPS) is 18.8. The van der Waals surface area contributed by atoms with Crippen LogP contribution in [0.3, 0.4) is 0 Å². The molecule has 6 heterocycles. The van der Waals surface area contributed by atoms with Crippen molar-refractivity contribution in [2.24, 2.45) is 0 Å². The molecule has 2 aliphatic rings. The van der Waals surface area contributed by atoms with E-state index < -0.39 is 11.5 Å². The van der Waals surface area contributed by atoms with E-state index in [-0.39, 0.29) is 35.4 Å². The number of carbonyl (C=O) groups excluding carboxylic acids is 1. The number of nitrogens with zero attached hydrogens (tertiary/aromatic N) is 9. The van der Waals surface area contributed by atoms with Gasteiger partial charge < -0.3 is 9.80 Å². The fourth-order valence-corrected chi connectivity index (χ4v) is 5.97. The topological polar surface area (TPSA) is 115 Å². The largest absolute Gasteiger partial charge is 0.355 e. The Hall–Kier alpha value is -4.48. The van der Waals surface area contributed by atoms with Gasteiger partial charge in [-0.25, -0.2) is 18.7 Å². The van der Waals surface area contributed by atoms with Crippen molar-refractivity contribution < 1.29 is 9.18 Å². The number of hydrogen-bond acceptors (Lipinski definition) is 8. The third-order valence-corrected chi connectivity index (χ3v) is 8.00. The molecule has 6 rings (SSSR count). The molecule has 0 spiro atoms. The van der Waals surface area contributed by atoms with E-state index in [4.69, 9.17) is 4.98 Å². The summed E-state index contributed by atoms with van der Waals surface area (Å²) in [6, 6.07) is 2.92. The van der Waals surface area contributed by atoms with Crippen molar-refractivity contribution in [3.8, 4) is 11.5 Å². The molecule has 212 valence electrons. The van der Waals surface area contributed by atoms with Crippen molar-refractivity contribution in [2.75, 3.05) is 18.0 Å². The van der Waals surface area contributed by atoms with Crippen LogP contribution in [0.4, 0.5) is 10.2 Å². The number of anilines is 1. The molecule has 0 aromatic carbocycles. The molecule has 2 atom stereocenters. The van der Waals surface area contributed by atoms with Gasteiger partial charge in [-0.1, -0.05) is 25.6 Å². The predicted molar refractivity (Wildman–Crippen MR) is 152 cm³/mol. The third-order valence-electron chi connectivity index (χ3n) is 8.00. The van der Waals surface area contributed by atoms with Crippen LogP contribution in [0.2, 0.25) is 0 Å². The summed E-state index contributed by atoms with van der Waals surface area (Å²) in [5, 5.41) is 8.54. The molecule has 1 amide bonds. The maximum atomic E-state index is 15.9. The average molecular weight is 558 g/mol. The number of pyridine rings is 2. The Labute approximate surface area is 236 Å². The van der Waals surface area contributed by atoms with Crippen molar-refractivity contribution in [1.29, 1.82) is 0 Å². The highest BCUT2D eigenvalue weighted by atomic mass is 19.1. The van der Waals surface area contributed by atoms with E-state index in [1.807, 2.05) is 38.7 Å².